The molecule has 1 aliphatic rings. The minimum Gasteiger partial charge on any atom is -0.282 e. The Morgan fingerprint density at radius 1 is 1.33 bits per heavy atom. The standard InChI is InChI=1S/C11H10BrClO3S2/c12-8-4-2-1-3-7(8)11(14)17-10-6-18(15,16)5-9(10)13/h1-4,9-10H,5-6H2/t9-,10+/m0/s1. The molecule has 0 amide bonds. The van der Waals surface area contributed by atoms with Gasteiger partial charge in [0.1, 0.15) is 0 Å². The van der Waals surface area contributed by atoms with E-state index >= 15 is 0 Å². The van der Waals surface area contributed by atoms with Crippen LogP contribution in [0, 0.1) is 0 Å². The van der Waals surface area contributed by atoms with E-state index in [9.17, 15) is 13.2 Å². The molecule has 7 heteroatoms. The van der Waals surface area contributed by atoms with Crippen LogP contribution in [0.15, 0.2) is 28.7 Å². The normalized spacial score (nSPS) is 26.1. The fourth-order valence-corrected chi connectivity index (χ4v) is 6.66. The zero-order valence-electron chi connectivity index (χ0n) is 9.18. The lowest BCUT2D eigenvalue weighted by atomic mass is 10.2. The highest BCUT2D eigenvalue weighted by molar-refractivity contribution is 9.10. The molecule has 0 saturated carbocycles. The number of sulfone groups is 1. The number of hydrogen-bond acceptors (Lipinski definition) is 4. The minimum atomic E-state index is -3.10. The van der Waals surface area contributed by atoms with Gasteiger partial charge in [-0.05, 0) is 12.1 Å². The van der Waals surface area contributed by atoms with Crippen molar-refractivity contribution in [3.8, 4) is 0 Å². The highest BCUT2D eigenvalue weighted by Crippen LogP contribution is 2.32. The summed E-state index contributed by atoms with van der Waals surface area (Å²) in [5, 5.41) is -1.02. The zero-order valence-corrected chi connectivity index (χ0v) is 13.2. The van der Waals surface area contributed by atoms with Crippen LogP contribution in [0.25, 0.3) is 0 Å². The van der Waals surface area contributed by atoms with E-state index in [0.717, 1.165) is 11.8 Å². The number of rotatable bonds is 2. The van der Waals surface area contributed by atoms with Gasteiger partial charge in [-0.3, -0.25) is 4.79 Å². The lowest BCUT2D eigenvalue weighted by Crippen LogP contribution is -2.17. The molecule has 3 nitrogen and oxygen atoms in total. The average Bonchev–Trinajstić information content (AvgIpc) is 2.52. The van der Waals surface area contributed by atoms with Crippen LogP contribution in [0.4, 0.5) is 0 Å². The lowest BCUT2D eigenvalue weighted by Gasteiger charge is -2.10. The molecule has 1 heterocycles. The first-order valence-corrected chi connectivity index (χ1v) is 9.12. The Labute approximate surface area is 123 Å². The van der Waals surface area contributed by atoms with E-state index in [2.05, 4.69) is 15.9 Å². The van der Waals surface area contributed by atoms with Gasteiger partial charge in [0.25, 0.3) is 0 Å². The Morgan fingerprint density at radius 3 is 2.56 bits per heavy atom. The molecule has 0 spiro atoms. The van der Waals surface area contributed by atoms with E-state index < -0.39 is 15.2 Å². The molecule has 0 aliphatic carbocycles. The molecule has 2 atom stereocenters. The topological polar surface area (TPSA) is 51.2 Å². The second-order valence-electron chi connectivity index (χ2n) is 4.02. The van der Waals surface area contributed by atoms with Gasteiger partial charge in [-0.25, -0.2) is 8.42 Å². The number of benzene rings is 1. The predicted molar refractivity (Wildman–Crippen MR) is 78.1 cm³/mol. The third-order valence-corrected chi connectivity index (χ3v) is 7.25. The van der Waals surface area contributed by atoms with Crippen LogP contribution in [0.5, 0.6) is 0 Å². The number of thioether (sulfide) groups is 1. The summed E-state index contributed by atoms with van der Waals surface area (Å²) in [6, 6.07) is 7.06. The van der Waals surface area contributed by atoms with Crippen molar-refractivity contribution in [3.63, 3.8) is 0 Å². The zero-order chi connectivity index (χ0) is 13.3. The monoisotopic (exact) mass is 368 g/mol. The largest absolute Gasteiger partial charge is 0.282 e. The number of carbonyl (C=O) groups is 1. The summed E-state index contributed by atoms with van der Waals surface area (Å²) in [7, 11) is -3.10. The van der Waals surface area contributed by atoms with Crippen molar-refractivity contribution in [2.45, 2.75) is 10.6 Å². The number of hydrogen-bond donors (Lipinski definition) is 0. The predicted octanol–water partition coefficient (Wildman–Crippen LogP) is 2.73. The summed E-state index contributed by atoms with van der Waals surface area (Å²) in [6.45, 7) is 0. The van der Waals surface area contributed by atoms with Crippen LogP contribution in [-0.2, 0) is 9.84 Å². The molecular formula is C11H10BrClO3S2. The van der Waals surface area contributed by atoms with Crippen LogP contribution >= 0.6 is 39.3 Å². The Kier molecular flexibility index (Phi) is 4.41. The van der Waals surface area contributed by atoms with Gasteiger partial charge in [0.05, 0.1) is 16.9 Å². The smallest absolute Gasteiger partial charge is 0.220 e. The molecule has 0 radical (unpaired) electrons. The third kappa shape index (κ3) is 3.29. The van der Waals surface area contributed by atoms with Gasteiger partial charge in [-0.1, -0.05) is 39.8 Å². The molecule has 0 N–H and O–H groups in total. The van der Waals surface area contributed by atoms with Crippen molar-refractivity contribution in [2.24, 2.45) is 0 Å². The van der Waals surface area contributed by atoms with E-state index in [-0.39, 0.29) is 21.9 Å². The maximum atomic E-state index is 12.1. The Balaban J connectivity index is 2.12. The molecule has 1 fully saturated rings. The van der Waals surface area contributed by atoms with E-state index in [1.807, 2.05) is 6.07 Å². The van der Waals surface area contributed by atoms with Crippen molar-refractivity contribution in [3.05, 3.63) is 34.3 Å². The molecule has 98 valence electrons. The summed E-state index contributed by atoms with van der Waals surface area (Å²) in [5.74, 6) is -0.0719. The van der Waals surface area contributed by atoms with Gasteiger partial charge in [0.15, 0.2) is 9.84 Å². The lowest BCUT2D eigenvalue weighted by molar-refractivity contribution is 0.108. The van der Waals surface area contributed by atoms with Gasteiger partial charge >= 0.3 is 0 Å². The first-order chi connectivity index (χ1) is 8.39. The van der Waals surface area contributed by atoms with Crippen LogP contribution in [0.2, 0.25) is 0 Å². The minimum absolute atomic E-state index is 0.0258. The van der Waals surface area contributed by atoms with Crippen molar-refractivity contribution in [2.75, 3.05) is 11.5 Å². The fourth-order valence-electron chi connectivity index (χ4n) is 1.71. The molecule has 1 aromatic carbocycles. The first kappa shape index (κ1) is 14.4. The molecule has 18 heavy (non-hydrogen) atoms. The van der Waals surface area contributed by atoms with Crippen molar-refractivity contribution in [1.29, 1.82) is 0 Å². The van der Waals surface area contributed by atoms with Crippen molar-refractivity contribution >= 4 is 54.2 Å². The van der Waals surface area contributed by atoms with Crippen LogP contribution in [0.3, 0.4) is 0 Å². The molecule has 0 aromatic heterocycles. The number of alkyl halides is 1. The molecule has 0 unspecified atom stereocenters. The fraction of sp³-hybridized carbons (Fsp3) is 0.364. The Morgan fingerprint density at radius 2 is 2.00 bits per heavy atom. The molecule has 2 rings (SSSR count). The molecule has 1 saturated heterocycles. The van der Waals surface area contributed by atoms with Crippen LogP contribution in [-0.4, -0.2) is 35.7 Å². The maximum Gasteiger partial charge on any atom is 0.220 e. The molecule has 1 aliphatic heterocycles. The number of halogens is 2. The van der Waals surface area contributed by atoms with Gasteiger partial charge in [-0.2, -0.15) is 0 Å². The van der Waals surface area contributed by atoms with Gasteiger partial charge in [0, 0.05) is 15.3 Å². The molecular weight excluding hydrogens is 360 g/mol. The van der Waals surface area contributed by atoms with Gasteiger partial charge in [-0.15, -0.1) is 11.6 Å². The summed E-state index contributed by atoms with van der Waals surface area (Å²) in [4.78, 5) is 12.1. The Hall–Kier alpha value is -0.0400. The van der Waals surface area contributed by atoms with E-state index in [1.165, 1.54) is 0 Å². The average molecular weight is 370 g/mol. The maximum absolute atomic E-state index is 12.1. The van der Waals surface area contributed by atoms with Crippen molar-refractivity contribution in [1.82, 2.24) is 0 Å². The summed E-state index contributed by atoms with van der Waals surface area (Å²) in [6.07, 6.45) is 0. The van der Waals surface area contributed by atoms with Crippen LogP contribution < -0.4 is 0 Å². The van der Waals surface area contributed by atoms with Gasteiger partial charge in [0.2, 0.25) is 5.12 Å². The number of carbonyl (C=O) groups excluding carboxylic acids is 1. The van der Waals surface area contributed by atoms with E-state index in [0.29, 0.717) is 10.0 Å². The molecule has 1 aromatic rings. The SMILES string of the molecule is O=C(S[C@@H]1CS(=O)(=O)C[C@@H]1Cl)c1ccccc1Br. The van der Waals surface area contributed by atoms with Gasteiger partial charge < -0.3 is 0 Å². The summed E-state index contributed by atoms with van der Waals surface area (Å²) < 4.78 is 23.5. The summed E-state index contributed by atoms with van der Waals surface area (Å²) in [5.41, 5.74) is 0.538. The van der Waals surface area contributed by atoms with Crippen LogP contribution in [0.1, 0.15) is 10.4 Å². The van der Waals surface area contributed by atoms with Crippen molar-refractivity contribution < 1.29 is 13.2 Å². The second-order valence-corrected chi connectivity index (χ2v) is 8.80. The third-order valence-electron chi connectivity index (χ3n) is 2.59. The van der Waals surface area contributed by atoms with E-state index in [1.54, 1.807) is 18.2 Å². The van der Waals surface area contributed by atoms with E-state index in [4.69, 9.17) is 11.6 Å². The first-order valence-electron chi connectivity index (χ1n) is 5.19. The highest BCUT2D eigenvalue weighted by atomic mass is 79.9. The second kappa shape index (κ2) is 5.53. The highest BCUT2D eigenvalue weighted by Gasteiger charge is 2.38. The Bertz CT molecular complexity index is 573. The quantitative estimate of drug-likeness (QED) is 0.752. The summed E-state index contributed by atoms with van der Waals surface area (Å²) >= 11 is 10.3. The molecule has 0 bridgehead atoms.